The molecule has 0 fully saturated rings. The number of aromatic nitrogens is 1. The van der Waals surface area contributed by atoms with Crippen LogP contribution in [0.4, 0.5) is 5.69 Å². The SMILES string of the molecule is O=C(O)c1cc(Cl)cc(NC(=O)c2ccnc(Cl)c2)c1. The zero-order valence-electron chi connectivity index (χ0n) is 9.93. The summed E-state index contributed by atoms with van der Waals surface area (Å²) < 4.78 is 0. The van der Waals surface area contributed by atoms with E-state index in [4.69, 9.17) is 28.3 Å². The summed E-state index contributed by atoms with van der Waals surface area (Å²) in [6, 6.07) is 6.95. The maximum Gasteiger partial charge on any atom is 0.335 e. The summed E-state index contributed by atoms with van der Waals surface area (Å²) in [5, 5.41) is 11.9. The van der Waals surface area contributed by atoms with Crippen LogP contribution in [0.15, 0.2) is 36.5 Å². The molecule has 0 aliphatic carbocycles. The third-order valence-corrected chi connectivity index (χ3v) is 2.82. The number of carbonyl (C=O) groups is 2. The lowest BCUT2D eigenvalue weighted by atomic mass is 10.2. The van der Waals surface area contributed by atoms with E-state index in [1.165, 1.54) is 36.5 Å². The molecule has 2 aromatic rings. The predicted octanol–water partition coefficient (Wildman–Crippen LogP) is 3.34. The maximum absolute atomic E-state index is 12.0. The lowest BCUT2D eigenvalue weighted by Crippen LogP contribution is -2.12. The average Bonchev–Trinajstić information content (AvgIpc) is 2.37. The first-order valence-corrected chi connectivity index (χ1v) is 6.18. The number of nitrogens with one attached hydrogen (secondary N) is 1. The van der Waals surface area contributed by atoms with Crippen LogP contribution in [0.25, 0.3) is 0 Å². The van der Waals surface area contributed by atoms with Gasteiger partial charge in [-0.15, -0.1) is 0 Å². The van der Waals surface area contributed by atoms with Crippen molar-refractivity contribution in [3.63, 3.8) is 0 Å². The zero-order chi connectivity index (χ0) is 14.7. The number of hydrogen-bond donors (Lipinski definition) is 2. The minimum atomic E-state index is -1.13. The van der Waals surface area contributed by atoms with Gasteiger partial charge >= 0.3 is 5.97 Å². The van der Waals surface area contributed by atoms with Crippen molar-refractivity contribution in [3.8, 4) is 0 Å². The summed E-state index contributed by atoms with van der Waals surface area (Å²) in [5.41, 5.74) is 0.579. The Morgan fingerprint density at radius 2 is 1.85 bits per heavy atom. The quantitative estimate of drug-likeness (QED) is 0.852. The molecule has 102 valence electrons. The van der Waals surface area contributed by atoms with Crippen molar-refractivity contribution in [3.05, 3.63) is 57.8 Å². The van der Waals surface area contributed by atoms with Crippen LogP contribution >= 0.6 is 23.2 Å². The van der Waals surface area contributed by atoms with Gasteiger partial charge in [0.2, 0.25) is 0 Å². The number of carboxylic acids is 1. The molecule has 0 atom stereocenters. The van der Waals surface area contributed by atoms with E-state index in [2.05, 4.69) is 10.3 Å². The van der Waals surface area contributed by atoms with Crippen LogP contribution in [-0.2, 0) is 0 Å². The summed E-state index contributed by atoms with van der Waals surface area (Å²) in [7, 11) is 0. The molecule has 0 aliphatic rings. The highest BCUT2D eigenvalue weighted by molar-refractivity contribution is 6.31. The molecule has 7 heteroatoms. The molecule has 0 saturated heterocycles. The molecule has 1 aromatic carbocycles. The number of anilines is 1. The van der Waals surface area contributed by atoms with Gasteiger partial charge in [-0.2, -0.15) is 0 Å². The number of hydrogen-bond acceptors (Lipinski definition) is 3. The topological polar surface area (TPSA) is 79.3 Å². The van der Waals surface area contributed by atoms with Gasteiger partial charge in [-0.1, -0.05) is 23.2 Å². The van der Waals surface area contributed by atoms with E-state index in [1.807, 2.05) is 0 Å². The summed E-state index contributed by atoms with van der Waals surface area (Å²) in [5.74, 6) is -1.57. The molecule has 0 unspecified atom stereocenters. The Labute approximate surface area is 124 Å². The van der Waals surface area contributed by atoms with E-state index in [-0.39, 0.29) is 21.4 Å². The highest BCUT2D eigenvalue weighted by Crippen LogP contribution is 2.20. The second-order valence-electron chi connectivity index (χ2n) is 3.86. The van der Waals surface area contributed by atoms with Crippen molar-refractivity contribution >= 4 is 40.8 Å². The van der Waals surface area contributed by atoms with Gasteiger partial charge in [-0.25, -0.2) is 9.78 Å². The molecule has 0 saturated carbocycles. The van der Waals surface area contributed by atoms with Crippen molar-refractivity contribution in [1.82, 2.24) is 4.98 Å². The molecule has 2 N–H and O–H groups in total. The van der Waals surface area contributed by atoms with Crippen molar-refractivity contribution in [1.29, 1.82) is 0 Å². The molecule has 0 spiro atoms. The van der Waals surface area contributed by atoms with Gasteiger partial charge in [0.1, 0.15) is 5.15 Å². The van der Waals surface area contributed by atoms with Gasteiger partial charge in [0.15, 0.2) is 0 Å². The fourth-order valence-corrected chi connectivity index (χ4v) is 1.94. The maximum atomic E-state index is 12.0. The number of aromatic carboxylic acids is 1. The van der Waals surface area contributed by atoms with Gasteiger partial charge in [0, 0.05) is 22.5 Å². The van der Waals surface area contributed by atoms with Crippen LogP contribution in [0.5, 0.6) is 0 Å². The number of nitrogens with zero attached hydrogens (tertiary/aromatic N) is 1. The first-order valence-electron chi connectivity index (χ1n) is 5.42. The number of amides is 1. The summed E-state index contributed by atoms with van der Waals surface area (Å²) >= 11 is 11.5. The van der Waals surface area contributed by atoms with Crippen molar-refractivity contribution in [2.45, 2.75) is 0 Å². The molecular formula is C13H8Cl2N2O3. The van der Waals surface area contributed by atoms with E-state index in [1.54, 1.807) is 0 Å². The monoisotopic (exact) mass is 310 g/mol. The Bertz CT molecular complexity index is 689. The predicted molar refractivity (Wildman–Crippen MR) is 75.6 cm³/mol. The van der Waals surface area contributed by atoms with Gasteiger partial charge in [0.25, 0.3) is 5.91 Å². The Morgan fingerprint density at radius 3 is 2.50 bits per heavy atom. The Morgan fingerprint density at radius 1 is 1.10 bits per heavy atom. The third kappa shape index (κ3) is 3.46. The summed E-state index contributed by atoms with van der Waals surface area (Å²) in [6.45, 7) is 0. The van der Waals surface area contributed by atoms with Crippen LogP contribution in [-0.4, -0.2) is 22.0 Å². The van der Waals surface area contributed by atoms with E-state index in [0.717, 1.165) is 0 Å². The van der Waals surface area contributed by atoms with Gasteiger partial charge in [-0.3, -0.25) is 4.79 Å². The number of carboxylic acid groups (broad SMARTS) is 1. The zero-order valence-corrected chi connectivity index (χ0v) is 11.4. The van der Waals surface area contributed by atoms with E-state index < -0.39 is 11.9 Å². The molecule has 0 aliphatic heterocycles. The number of pyridine rings is 1. The highest BCUT2D eigenvalue weighted by Gasteiger charge is 2.10. The molecule has 0 radical (unpaired) electrons. The first kappa shape index (κ1) is 14.3. The van der Waals surface area contributed by atoms with E-state index in [9.17, 15) is 9.59 Å². The molecular weight excluding hydrogens is 303 g/mol. The molecule has 1 aromatic heterocycles. The first-order chi connectivity index (χ1) is 9.45. The number of benzene rings is 1. The Hall–Kier alpha value is -2.11. The largest absolute Gasteiger partial charge is 0.478 e. The fourth-order valence-electron chi connectivity index (χ4n) is 1.53. The molecule has 2 rings (SSSR count). The second kappa shape index (κ2) is 5.90. The number of halogens is 2. The van der Waals surface area contributed by atoms with Gasteiger partial charge < -0.3 is 10.4 Å². The van der Waals surface area contributed by atoms with Crippen LogP contribution in [0, 0.1) is 0 Å². The van der Waals surface area contributed by atoms with Crippen LogP contribution in [0.1, 0.15) is 20.7 Å². The van der Waals surface area contributed by atoms with E-state index in [0.29, 0.717) is 5.56 Å². The highest BCUT2D eigenvalue weighted by atomic mass is 35.5. The smallest absolute Gasteiger partial charge is 0.335 e. The third-order valence-electron chi connectivity index (χ3n) is 2.39. The van der Waals surface area contributed by atoms with Gasteiger partial charge in [0.05, 0.1) is 5.56 Å². The van der Waals surface area contributed by atoms with E-state index >= 15 is 0 Å². The van der Waals surface area contributed by atoms with Crippen LogP contribution < -0.4 is 5.32 Å². The number of carbonyl (C=O) groups excluding carboxylic acids is 1. The van der Waals surface area contributed by atoms with Crippen molar-refractivity contribution in [2.24, 2.45) is 0 Å². The van der Waals surface area contributed by atoms with Crippen LogP contribution in [0.3, 0.4) is 0 Å². The van der Waals surface area contributed by atoms with Crippen LogP contribution in [0.2, 0.25) is 10.2 Å². The minimum Gasteiger partial charge on any atom is -0.478 e. The average molecular weight is 311 g/mol. The van der Waals surface area contributed by atoms with Gasteiger partial charge in [-0.05, 0) is 30.3 Å². The molecule has 5 nitrogen and oxygen atoms in total. The fraction of sp³-hybridized carbons (Fsp3) is 0. The van der Waals surface area contributed by atoms with Crippen molar-refractivity contribution < 1.29 is 14.7 Å². The normalized spacial score (nSPS) is 10.1. The molecule has 1 heterocycles. The Balaban J connectivity index is 2.26. The lowest BCUT2D eigenvalue weighted by Gasteiger charge is -2.07. The standard InChI is InChI=1S/C13H8Cl2N2O3/c14-9-3-8(13(19)20)4-10(6-9)17-12(18)7-1-2-16-11(15)5-7/h1-6H,(H,17,18)(H,19,20). The number of rotatable bonds is 3. The summed E-state index contributed by atoms with van der Waals surface area (Å²) in [6.07, 6.45) is 1.40. The lowest BCUT2D eigenvalue weighted by molar-refractivity contribution is 0.0696. The minimum absolute atomic E-state index is 0.0134. The Kier molecular flexibility index (Phi) is 4.22. The molecule has 20 heavy (non-hydrogen) atoms. The summed E-state index contributed by atoms with van der Waals surface area (Å²) in [4.78, 5) is 26.6. The second-order valence-corrected chi connectivity index (χ2v) is 4.68. The molecule has 0 bridgehead atoms. The van der Waals surface area contributed by atoms with Crippen molar-refractivity contribution in [2.75, 3.05) is 5.32 Å². The molecule has 1 amide bonds.